The number of H-pyrrole nitrogens is 1. The van der Waals surface area contributed by atoms with E-state index < -0.39 is 60.1 Å². The summed E-state index contributed by atoms with van der Waals surface area (Å²) in [6, 6.07) is -0.215. The van der Waals surface area contributed by atoms with Crippen LogP contribution in [0.1, 0.15) is 103 Å². The van der Waals surface area contributed by atoms with Gasteiger partial charge in [-0.2, -0.15) is 0 Å². The standard InChI is InChI=1S/C30H50N4O9/c1-3-4-5-6-7-8-9-10-11-12-13-14-15-16-21(36)34-22(19-31)42-26(23(34)29(39)41-2)27-24(37)25(38)28(43-27)33-18-17-20(35)32-30(33)40/h17-18,22-28,37-38H,3-16,19,31H2,1-2H3,(H,32,35,40)/t22-,23+,24?,25?,26+,27+,28-/m1/s1. The third-order valence-corrected chi connectivity index (χ3v) is 8.39. The minimum Gasteiger partial charge on any atom is -0.467 e. The van der Waals surface area contributed by atoms with E-state index in [9.17, 15) is 29.4 Å². The van der Waals surface area contributed by atoms with E-state index in [2.05, 4.69) is 11.9 Å². The van der Waals surface area contributed by atoms with Crippen LogP contribution in [0.25, 0.3) is 0 Å². The Morgan fingerprint density at radius 1 is 0.907 bits per heavy atom. The molecule has 13 nitrogen and oxygen atoms in total. The van der Waals surface area contributed by atoms with Crippen molar-refractivity contribution in [2.24, 2.45) is 5.73 Å². The van der Waals surface area contributed by atoms with E-state index in [1.165, 1.54) is 69.8 Å². The maximum Gasteiger partial charge on any atom is 0.331 e. The maximum atomic E-state index is 13.4. The van der Waals surface area contributed by atoms with Crippen LogP contribution in [0.15, 0.2) is 21.9 Å². The number of carbonyl (C=O) groups excluding carboxylic acids is 2. The lowest BCUT2D eigenvalue weighted by Gasteiger charge is -2.28. The monoisotopic (exact) mass is 610 g/mol. The summed E-state index contributed by atoms with van der Waals surface area (Å²) in [6.07, 6.45) is 8.48. The van der Waals surface area contributed by atoms with Gasteiger partial charge in [0.25, 0.3) is 5.56 Å². The Morgan fingerprint density at radius 2 is 1.49 bits per heavy atom. The summed E-state index contributed by atoms with van der Waals surface area (Å²) in [5.74, 6) is -1.12. The summed E-state index contributed by atoms with van der Waals surface area (Å²) in [5, 5.41) is 21.6. The topological polar surface area (TPSA) is 186 Å². The second-order valence-corrected chi connectivity index (χ2v) is 11.5. The molecule has 2 aliphatic heterocycles. The molecular weight excluding hydrogens is 560 g/mol. The van der Waals surface area contributed by atoms with Gasteiger partial charge in [0.2, 0.25) is 5.91 Å². The van der Waals surface area contributed by atoms with E-state index in [-0.39, 0.29) is 18.9 Å². The number of methoxy groups -OCH3 is 1. The fourth-order valence-corrected chi connectivity index (χ4v) is 6.01. The highest BCUT2D eigenvalue weighted by Gasteiger charge is 2.58. The van der Waals surface area contributed by atoms with Crippen LogP contribution in [0, 0.1) is 0 Å². The molecule has 1 aromatic rings. The molecular formula is C30H50N4O9. The Kier molecular flexibility index (Phi) is 14.3. The highest BCUT2D eigenvalue weighted by Crippen LogP contribution is 2.37. The number of aliphatic hydroxyl groups is 2. The molecule has 13 heteroatoms. The lowest BCUT2D eigenvalue weighted by Crippen LogP contribution is -2.53. The highest BCUT2D eigenvalue weighted by atomic mass is 16.6. The van der Waals surface area contributed by atoms with Crippen LogP contribution in [-0.4, -0.2) is 86.9 Å². The summed E-state index contributed by atoms with van der Waals surface area (Å²) in [6.45, 7) is 2.11. The number of hydrogen-bond acceptors (Lipinski definition) is 10. The van der Waals surface area contributed by atoms with Crippen molar-refractivity contribution in [3.8, 4) is 0 Å². The summed E-state index contributed by atoms with van der Waals surface area (Å²) in [7, 11) is 1.17. The predicted octanol–water partition coefficient (Wildman–Crippen LogP) is 1.69. The molecule has 0 aliphatic carbocycles. The number of amides is 1. The quantitative estimate of drug-likeness (QED) is 0.141. The van der Waals surface area contributed by atoms with E-state index >= 15 is 0 Å². The first-order valence-corrected chi connectivity index (χ1v) is 15.8. The molecule has 0 radical (unpaired) electrons. The molecule has 43 heavy (non-hydrogen) atoms. The van der Waals surface area contributed by atoms with Gasteiger partial charge >= 0.3 is 11.7 Å². The Hall–Kier alpha value is -2.58. The molecule has 2 saturated heterocycles. The molecule has 0 bridgehead atoms. The van der Waals surface area contributed by atoms with Gasteiger partial charge in [0.05, 0.1) is 7.11 Å². The third kappa shape index (κ3) is 9.21. The van der Waals surface area contributed by atoms with Gasteiger partial charge in [0, 0.05) is 25.2 Å². The zero-order chi connectivity index (χ0) is 31.4. The largest absolute Gasteiger partial charge is 0.467 e. The number of aromatic amines is 1. The average Bonchev–Trinajstić information content (AvgIpc) is 3.52. The van der Waals surface area contributed by atoms with Crippen molar-refractivity contribution in [2.75, 3.05) is 13.7 Å². The van der Waals surface area contributed by atoms with Crippen LogP contribution in [-0.2, 0) is 23.8 Å². The average molecular weight is 611 g/mol. The van der Waals surface area contributed by atoms with E-state index in [0.717, 1.165) is 36.1 Å². The molecule has 0 spiro atoms. The van der Waals surface area contributed by atoms with Gasteiger partial charge in [-0.3, -0.25) is 24.0 Å². The number of hydrogen-bond donors (Lipinski definition) is 4. The van der Waals surface area contributed by atoms with Crippen LogP contribution >= 0.6 is 0 Å². The van der Waals surface area contributed by atoms with Crippen molar-refractivity contribution >= 4 is 11.9 Å². The van der Waals surface area contributed by atoms with Crippen LogP contribution in [0.4, 0.5) is 0 Å². The molecule has 1 aromatic heterocycles. The Bertz CT molecular complexity index is 1130. The van der Waals surface area contributed by atoms with Crippen LogP contribution in [0.3, 0.4) is 0 Å². The second-order valence-electron chi connectivity index (χ2n) is 11.5. The molecule has 2 aliphatic rings. The third-order valence-electron chi connectivity index (χ3n) is 8.39. The van der Waals surface area contributed by atoms with Gasteiger partial charge in [-0.05, 0) is 6.42 Å². The van der Waals surface area contributed by atoms with Gasteiger partial charge in [0.1, 0.15) is 30.6 Å². The molecule has 244 valence electrons. The zero-order valence-electron chi connectivity index (χ0n) is 25.5. The molecule has 5 N–H and O–H groups in total. The van der Waals surface area contributed by atoms with Crippen molar-refractivity contribution in [1.82, 2.24) is 14.5 Å². The molecule has 0 aromatic carbocycles. The van der Waals surface area contributed by atoms with E-state index in [4.69, 9.17) is 19.9 Å². The van der Waals surface area contributed by atoms with Crippen molar-refractivity contribution in [2.45, 2.75) is 140 Å². The van der Waals surface area contributed by atoms with E-state index in [1.54, 1.807) is 0 Å². The van der Waals surface area contributed by atoms with Gasteiger partial charge in [-0.1, -0.05) is 84.0 Å². The van der Waals surface area contributed by atoms with Crippen LogP contribution in [0.5, 0.6) is 0 Å². The Labute approximate surface area is 252 Å². The van der Waals surface area contributed by atoms with Crippen molar-refractivity contribution in [1.29, 1.82) is 0 Å². The Morgan fingerprint density at radius 3 is 2.02 bits per heavy atom. The fraction of sp³-hybridized carbons (Fsp3) is 0.800. The first-order chi connectivity index (χ1) is 20.7. The van der Waals surface area contributed by atoms with Gasteiger partial charge in [0.15, 0.2) is 12.3 Å². The minimum atomic E-state index is -1.60. The number of ether oxygens (including phenoxy) is 3. The number of nitrogens with zero attached hydrogens (tertiary/aromatic N) is 2. The lowest BCUT2D eigenvalue weighted by atomic mass is 9.98. The summed E-state index contributed by atoms with van der Waals surface area (Å²) in [5.41, 5.74) is 4.42. The number of aliphatic hydroxyl groups excluding tert-OH is 2. The smallest absolute Gasteiger partial charge is 0.331 e. The number of rotatable bonds is 18. The van der Waals surface area contributed by atoms with Crippen LogP contribution in [0.2, 0.25) is 0 Å². The summed E-state index contributed by atoms with van der Waals surface area (Å²) < 4.78 is 17.7. The number of nitrogens with one attached hydrogen (secondary N) is 1. The van der Waals surface area contributed by atoms with E-state index in [1.807, 2.05) is 0 Å². The van der Waals surface area contributed by atoms with Crippen molar-refractivity contribution in [3.63, 3.8) is 0 Å². The number of unbranched alkanes of at least 4 members (excludes halogenated alkanes) is 12. The molecule has 2 fully saturated rings. The SMILES string of the molecule is CCCCCCCCCCCCCCCC(=O)N1[C@H](C(=O)OC)[C@@H]([C@H]2O[C@@H](n3ccc(=O)[nH]c3=O)C(O)C2O)O[C@@H]1CN. The van der Waals surface area contributed by atoms with Crippen molar-refractivity contribution in [3.05, 3.63) is 33.1 Å². The van der Waals surface area contributed by atoms with Crippen LogP contribution < -0.4 is 17.0 Å². The number of esters is 1. The zero-order valence-corrected chi connectivity index (χ0v) is 25.5. The molecule has 7 atom stereocenters. The first-order valence-electron chi connectivity index (χ1n) is 15.8. The Balaban J connectivity index is 1.54. The molecule has 2 unspecified atom stereocenters. The lowest BCUT2D eigenvalue weighted by molar-refractivity contribution is -0.154. The van der Waals surface area contributed by atoms with Gasteiger partial charge in [-0.25, -0.2) is 9.59 Å². The van der Waals surface area contributed by atoms with Gasteiger partial charge < -0.3 is 30.2 Å². The highest BCUT2D eigenvalue weighted by molar-refractivity contribution is 5.86. The molecule has 3 rings (SSSR count). The number of nitrogens with two attached hydrogens (primary N) is 1. The number of aromatic nitrogens is 2. The van der Waals surface area contributed by atoms with Crippen molar-refractivity contribution < 1.29 is 34.0 Å². The van der Waals surface area contributed by atoms with Gasteiger partial charge in [-0.15, -0.1) is 0 Å². The number of carbonyl (C=O) groups is 2. The summed E-state index contributed by atoms with van der Waals surface area (Å²) in [4.78, 5) is 53.4. The molecule has 0 saturated carbocycles. The minimum absolute atomic E-state index is 0.123. The first kappa shape index (κ1) is 34.9. The molecule has 3 heterocycles. The van der Waals surface area contributed by atoms with E-state index in [0.29, 0.717) is 6.42 Å². The maximum absolute atomic E-state index is 13.4. The predicted molar refractivity (Wildman–Crippen MR) is 158 cm³/mol. The normalized spacial score (nSPS) is 27.1. The molecule has 1 amide bonds. The fourth-order valence-electron chi connectivity index (χ4n) is 6.01. The second kappa shape index (κ2) is 17.6. The summed E-state index contributed by atoms with van der Waals surface area (Å²) >= 11 is 0.